The molecule has 0 bridgehead atoms. The van der Waals surface area contributed by atoms with E-state index in [0.717, 1.165) is 18.8 Å². The number of amides is 3. The molecule has 1 aliphatic heterocycles. The van der Waals surface area contributed by atoms with E-state index in [1.165, 1.54) is 17.7 Å². The molecule has 3 amide bonds. The van der Waals surface area contributed by atoms with Crippen LogP contribution in [0.15, 0.2) is 0 Å². The molecule has 0 aliphatic carbocycles. The topological polar surface area (TPSA) is 49.4 Å². The molecule has 15 heavy (non-hydrogen) atoms. The Kier molecular flexibility index (Phi) is 4.59. The van der Waals surface area contributed by atoms with Crippen molar-refractivity contribution in [1.82, 2.24) is 10.2 Å². The second kappa shape index (κ2) is 5.73. The number of nitrogens with zero attached hydrogens (tertiary/aromatic N) is 1. The van der Waals surface area contributed by atoms with Crippen molar-refractivity contribution in [2.24, 2.45) is 5.92 Å². The highest BCUT2D eigenvalue weighted by Crippen LogP contribution is 2.09. The van der Waals surface area contributed by atoms with E-state index in [0.29, 0.717) is 6.54 Å². The molecular weight excluding hydrogens is 192 g/mol. The minimum Gasteiger partial charge on any atom is -0.329 e. The molecule has 0 unspecified atom stereocenters. The van der Waals surface area contributed by atoms with Crippen LogP contribution in [0.3, 0.4) is 0 Å². The van der Waals surface area contributed by atoms with Gasteiger partial charge in [0.15, 0.2) is 0 Å². The molecule has 0 aromatic heterocycles. The van der Waals surface area contributed by atoms with Gasteiger partial charge in [0.05, 0.1) is 6.54 Å². The minimum absolute atomic E-state index is 0.0936. The third-order valence-corrected chi connectivity index (χ3v) is 2.60. The molecular formula is C11H20N2O2. The van der Waals surface area contributed by atoms with Crippen LogP contribution in [0.4, 0.5) is 4.79 Å². The van der Waals surface area contributed by atoms with Crippen LogP contribution in [0.25, 0.3) is 0 Å². The molecule has 1 heterocycles. The maximum atomic E-state index is 11.2. The Morgan fingerprint density at radius 1 is 1.27 bits per heavy atom. The number of carbonyl (C=O) groups is 2. The van der Waals surface area contributed by atoms with Crippen LogP contribution in [0.5, 0.6) is 0 Å². The molecule has 1 N–H and O–H groups in total. The molecule has 4 nitrogen and oxygen atoms in total. The summed E-state index contributed by atoms with van der Waals surface area (Å²) in [5.41, 5.74) is 0. The van der Waals surface area contributed by atoms with E-state index in [-0.39, 0.29) is 18.5 Å². The van der Waals surface area contributed by atoms with Gasteiger partial charge in [-0.05, 0) is 12.3 Å². The highest BCUT2D eigenvalue weighted by molar-refractivity contribution is 6.01. The predicted molar refractivity (Wildman–Crippen MR) is 58.4 cm³/mol. The van der Waals surface area contributed by atoms with E-state index in [2.05, 4.69) is 19.2 Å². The van der Waals surface area contributed by atoms with Crippen molar-refractivity contribution >= 4 is 11.9 Å². The summed E-state index contributed by atoms with van der Waals surface area (Å²) in [7, 11) is 0. The van der Waals surface area contributed by atoms with E-state index >= 15 is 0 Å². The fourth-order valence-corrected chi connectivity index (χ4v) is 1.68. The Hall–Kier alpha value is -1.06. The number of hydrogen-bond acceptors (Lipinski definition) is 2. The van der Waals surface area contributed by atoms with Crippen LogP contribution >= 0.6 is 0 Å². The highest BCUT2D eigenvalue weighted by atomic mass is 16.2. The van der Waals surface area contributed by atoms with Crippen LogP contribution in [0.1, 0.15) is 39.5 Å². The van der Waals surface area contributed by atoms with Gasteiger partial charge in [-0.25, -0.2) is 4.79 Å². The summed E-state index contributed by atoms with van der Waals surface area (Å²) >= 11 is 0. The largest absolute Gasteiger partial charge is 0.329 e. The lowest BCUT2D eigenvalue weighted by Gasteiger charge is -2.11. The molecule has 1 aliphatic rings. The lowest BCUT2D eigenvalue weighted by Crippen LogP contribution is -2.31. The van der Waals surface area contributed by atoms with Gasteiger partial charge in [-0.3, -0.25) is 9.69 Å². The molecule has 0 atom stereocenters. The molecule has 86 valence electrons. The normalized spacial score (nSPS) is 16.3. The molecule has 0 radical (unpaired) electrons. The van der Waals surface area contributed by atoms with Gasteiger partial charge in [-0.15, -0.1) is 0 Å². The number of nitrogens with one attached hydrogen (secondary N) is 1. The van der Waals surface area contributed by atoms with Crippen molar-refractivity contribution in [2.45, 2.75) is 39.5 Å². The van der Waals surface area contributed by atoms with Crippen LogP contribution in [0.2, 0.25) is 0 Å². The van der Waals surface area contributed by atoms with Crippen LogP contribution in [-0.4, -0.2) is 29.9 Å². The van der Waals surface area contributed by atoms with Gasteiger partial charge in [-0.1, -0.05) is 33.1 Å². The number of rotatable bonds is 6. The lowest BCUT2D eigenvalue weighted by molar-refractivity contribution is -0.125. The van der Waals surface area contributed by atoms with Crippen molar-refractivity contribution in [3.05, 3.63) is 0 Å². The Labute approximate surface area is 91.0 Å². The van der Waals surface area contributed by atoms with E-state index in [9.17, 15) is 9.59 Å². The summed E-state index contributed by atoms with van der Waals surface area (Å²) in [5, 5.41) is 2.52. The summed E-state index contributed by atoms with van der Waals surface area (Å²) in [5.74, 6) is 0.644. The second-order valence-corrected chi connectivity index (χ2v) is 4.45. The van der Waals surface area contributed by atoms with Crippen molar-refractivity contribution in [1.29, 1.82) is 0 Å². The summed E-state index contributed by atoms with van der Waals surface area (Å²) in [4.78, 5) is 23.7. The fourth-order valence-electron chi connectivity index (χ4n) is 1.68. The van der Waals surface area contributed by atoms with Gasteiger partial charge < -0.3 is 5.32 Å². The molecule has 4 heteroatoms. The average molecular weight is 212 g/mol. The molecule has 1 saturated heterocycles. The molecule has 0 aromatic carbocycles. The Bertz CT molecular complexity index is 223. The molecule has 1 rings (SSSR count). The third kappa shape index (κ3) is 3.90. The zero-order valence-electron chi connectivity index (χ0n) is 9.58. The Morgan fingerprint density at radius 3 is 2.53 bits per heavy atom. The maximum Gasteiger partial charge on any atom is 0.324 e. The van der Waals surface area contributed by atoms with E-state index in [4.69, 9.17) is 0 Å². The number of carbonyl (C=O) groups excluding carboxylic acids is 2. The Balaban J connectivity index is 2.09. The van der Waals surface area contributed by atoms with E-state index in [1.54, 1.807) is 0 Å². The van der Waals surface area contributed by atoms with Gasteiger partial charge in [-0.2, -0.15) is 0 Å². The third-order valence-electron chi connectivity index (χ3n) is 2.60. The molecule has 1 fully saturated rings. The van der Waals surface area contributed by atoms with E-state index in [1.807, 2.05) is 0 Å². The predicted octanol–water partition coefficient (Wildman–Crippen LogP) is 1.75. The van der Waals surface area contributed by atoms with Gasteiger partial charge >= 0.3 is 6.03 Å². The van der Waals surface area contributed by atoms with Crippen LogP contribution < -0.4 is 5.32 Å². The first-order valence-corrected chi connectivity index (χ1v) is 5.69. The first kappa shape index (κ1) is 12.0. The zero-order valence-corrected chi connectivity index (χ0v) is 9.58. The lowest BCUT2D eigenvalue weighted by atomic mass is 10.1. The number of imide groups is 1. The van der Waals surface area contributed by atoms with Crippen molar-refractivity contribution in [3.8, 4) is 0 Å². The molecule has 0 aromatic rings. The average Bonchev–Trinajstić information content (AvgIpc) is 2.47. The van der Waals surface area contributed by atoms with Gasteiger partial charge in [0.1, 0.15) is 0 Å². The Morgan fingerprint density at radius 2 is 2.00 bits per heavy atom. The SMILES string of the molecule is CC(C)CCCCCN1C(=O)CNC1=O. The number of unbranched alkanes of at least 4 members (excludes halogenated alkanes) is 2. The molecule has 0 saturated carbocycles. The first-order chi connectivity index (χ1) is 7.11. The quantitative estimate of drug-likeness (QED) is 0.538. The van der Waals surface area contributed by atoms with Crippen LogP contribution in [0, 0.1) is 5.92 Å². The smallest absolute Gasteiger partial charge is 0.324 e. The van der Waals surface area contributed by atoms with Crippen molar-refractivity contribution in [3.63, 3.8) is 0 Å². The summed E-state index contributed by atoms with van der Waals surface area (Å²) in [6.45, 7) is 5.16. The number of urea groups is 1. The van der Waals surface area contributed by atoms with E-state index < -0.39 is 0 Å². The van der Waals surface area contributed by atoms with Crippen molar-refractivity contribution < 1.29 is 9.59 Å². The monoisotopic (exact) mass is 212 g/mol. The highest BCUT2D eigenvalue weighted by Gasteiger charge is 2.27. The minimum atomic E-state index is -0.233. The number of hydrogen-bond donors (Lipinski definition) is 1. The maximum absolute atomic E-state index is 11.2. The standard InChI is InChI=1S/C11H20N2O2/c1-9(2)6-4-3-5-7-13-10(14)8-12-11(13)15/h9H,3-8H2,1-2H3,(H,12,15). The van der Waals surface area contributed by atoms with Crippen molar-refractivity contribution in [2.75, 3.05) is 13.1 Å². The van der Waals surface area contributed by atoms with Gasteiger partial charge in [0, 0.05) is 6.54 Å². The van der Waals surface area contributed by atoms with Gasteiger partial charge in [0.25, 0.3) is 0 Å². The van der Waals surface area contributed by atoms with Gasteiger partial charge in [0.2, 0.25) is 5.91 Å². The first-order valence-electron chi connectivity index (χ1n) is 5.69. The molecule has 0 spiro atoms. The van der Waals surface area contributed by atoms with Crippen LogP contribution in [-0.2, 0) is 4.79 Å². The summed E-state index contributed by atoms with van der Waals surface area (Å²) < 4.78 is 0. The summed E-state index contributed by atoms with van der Waals surface area (Å²) in [6, 6.07) is -0.233. The second-order valence-electron chi connectivity index (χ2n) is 4.45. The zero-order chi connectivity index (χ0) is 11.3. The fraction of sp³-hybridized carbons (Fsp3) is 0.818. The summed E-state index contributed by atoms with van der Waals surface area (Å²) in [6.07, 6.45) is 4.42.